The zero-order valence-electron chi connectivity index (χ0n) is 9.58. The van der Waals surface area contributed by atoms with E-state index in [1.165, 1.54) is 0 Å². The molecule has 4 nitrogen and oxygen atoms in total. The zero-order valence-corrected chi connectivity index (χ0v) is 9.58. The molecular formula is C10H21N3O. The molecule has 14 heavy (non-hydrogen) atoms. The third-order valence-electron chi connectivity index (χ3n) is 2.69. The Labute approximate surface area is 86.2 Å². The summed E-state index contributed by atoms with van der Waals surface area (Å²) >= 11 is 0. The highest BCUT2D eigenvalue weighted by atomic mass is 16.2. The second-order valence-electron chi connectivity index (χ2n) is 4.37. The molecule has 0 aromatic rings. The minimum atomic E-state index is -0.0681. The first kappa shape index (κ1) is 11.5. The van der Waals surface area contributed by atoms with Crippen molar-refractivity contribution in [3.63, 3.8) is 0 Å². The summed E-state index contributed by atoms with van der Waals surface area (Å²) < 4.78 is 0. The largest absolute Gasteiger partial charge is 0.347 e. The van der Waals surface area contributed by atoms with Crippen LogP contribution in [0.1, 0.15) is 13.3 Å². The van der Waals surface area contributed by atoms with Crippen molar-refractivity contribution < 1.29 is 4.79 Å². The Morgan fingerprint density at radius 3 is 2.64 bits per heavy atom. The lowest BCUT2D eigenvalue weighted by Crippen LogP contribution is -2.46. The molecule has 0 spiro atoms. The summed E-state index contributed by atoms with van der Waals surface area (Å²) in [6.07, 6.45) is 1.14. The van der Waals surface area contributed by atoms with Gasteiger partial charge in [-0.15, -0.1) is 0 Å². The monoisotopic (exact) mass is 199 g/mol. The standard InChI is InChI=1S/C10H21N3O/c1-8(10(14)12(2)3)11-9-5-6-13(4)7-9/h8-9,11H,5-7H2,1-4H3. The number of carbonyl (C=O) groups is 1. The summed E-state index contributed by atoms with van der Waals surface area (Å²) in [5, 5.41) is 3.36. The Hall–Kier alpha value is -0.610. The van der Waals surface area contributed by atoms with Crippen molar-refractivity contribution in [1.82, 2.24) is 15.1 Å². The van der Waals surface area contributed by atoms with Gasteiger partial charge in [-0.1, -0.05) is 0 Å². The van der Waals surface area contributed by atoms with Crippen molar-refractivity contribution in [2.24, 2.45) is 0 Å². The fourth-order valence-corrected chi connectivity index (χ4v) is 1.88. The fraction of sp³-hybridized carbons (Fsp3) is 0.900. The Kier molecular flexibility index (Phi) is 3.89. The quantitative estimate of drug-likeness (QED) is 0.681. The molecule has 0 radical (unpaired) electrons. The van der Waals surface area contributed by atoms with Gasteiger partial charge in [0.25, 0.3) is 0 Å². The summed E-state index contributed by atoms with van der Waals surface area (Å²) in [7, 11) is 5.70. The van der Waals surface area contributed by atoms with Crippen LogP contribution in [0.25, 0.3) is 0 Å². The van der Waals surface area contributed by atoms with E-state index in [2.05, 4.69) is 17.3 Å². The predicted molar refractivity (Wildman–Crippen MR) is 57.2 cm³/mol. The molecule has 1 N–H and O–H groups in total. The van der Waals surface area contributed by atoms with E-state index in [0.717, 1.165) is 19.5 Å². The van der Waals surface area contributed by atoms with Crippen LogP contribution < -0.4 is 5.32 Å². The number of likely N-dealkylation sites (N-methyl/N-ethyl adjacent to an activating group) is 2. The summed E-state index contributed by atoms with van der Waals surface area (Å²) in [5.41, 5.74) is 0. The molecule has 2 atom stereocenters. The summed E-state index contributed by atoms with van der Waals surface area (Å²) in [6, 6.07) is 0.403. The van der Waals surface area contributed by atoms with Crippen molar-refractivity contribution in [2.45, 2.75) is 25.4 Å². The van der Waals surface area contributed by atoms with Gasteiger partial charge in [0.1, 0.15) is 0 Å². The zero-order chi connectivity index (χ0) is 10.7. The Balaban J connectivity index is 2.33. The van der Waals surface area contributed by atoms with Gasteiger partial charge in [-0.2, -0.15) is 0 Å². The second-order valence-corrected chi connectivity index (χ2v) is 4.37. The summed E-state index contributed by atoms with van der Waals surface area (Å²) in [4.78, 5) is 15.5. The molecular weight excluding hydrogens is 178 g/mol. The molecule has 0 aromatic heterocycles. The van der Waals surface area contributed by atoms with Crippen molar-refractivity contribution >= 4 is 5.91 Å². The maximum absolute atomic E-state index is 11.6. The van der Waals surface area contributed by atoms with E-state index < -0.39 is 0 Å². The molecule has 1 amide bonds. The van der Waals surface area contributed by atoms with Crippen molar-refractivity contribution in [1.29, 1.82) is 0 Å². The number of amides is 1. The lowest BCUT2D eigenvalue weighted by molar-refractivity contribution is -0.130. The Bertz CT molecular complexity index is 206. The topological polar surface area (TPSA) is 35.6 Å². The minimum absolute atomic E-state index is 0.0681. The van der Waals surface area contributed by atoms with Crippen LogP contribution in [0.2, 0.25) is 0 Å². The van der Waals surface area contributed by atoms with Crippen LogP contribution in [0, 0.1) is 0 Å². The van der Waals surface area contributed by atoms with E-state index in [1.807, 2.05) is 6.92 Å². The molecule has 1 aliphatic heterocycles. The molecule has 1 heterocycles. The van der Waals surface area contributed by atoms with Gasteiger partial charge in [0, 0.05) is 26.7 Å². The maximum Gasteiger partial charge on any atom is 0.238 e. The van der Waals surface area contributed by atoms with Crippen LogP contribution in [-0.2, 0) is 4.79 Å². The van der Waals surface area contributed by atoms with Crippen LogP contribution in [0.15, 0.2) is 0 Å². The van der Waals surface area contributed by atoms with Gasteiger partial charge in [0.05, 0.1) is 6.04 Å². The molecule has 1 aliphatic rings. The average molecular weight is 199 g/mol. The van der Waals surface area contributed by atoms with Crippen LogP contribution in [0.4, 0.5) is 0 Å². The predicted octanol–water partition coefficient (Wildman–Crippen LogP) is -0.243. The highest BCUT2D eigenvalue weighted by molar-refractivity contribution is 5.80. The average Bonchev–Trinajstić information content (AvgIpc) is 2.49. The lowest BCUT2D eigenvalue weighted by Gasteiger charge is -2.21. The normalized spacial score (nSPS) is 25.0. The molecule has 82 valence electrons. The number of hydrogen-bond acceptors (Lipinski definition) is 3. The van der Waals surface area contributed by atoms with Gasteiger partial charge in [-0.3, -0.25) is 4.79 Å². The van der Waals surface area contributed by atoms with E-state index in [-0.39, 0.29) is 11.9 Å². The minimum Gasteiger partial charge on any atom is -0.347 e. The fourth-order valence-electron chi connectivity index (χ4n) is 1.88. The number of likely N-dealkylation sites (tertiary alicyclic amines) is 1. The number of rotatable bonds is 3. The Morgan fingerprint density at radius 1 is 1.57 bits per heavy atom. The van der Waals surface area contributed by atoms with Gasteiger partial charge >= 0.3 is 0 Å². The highest BCUT2D eigenvalue weighted by Gasteiger charge is 2.23. The molecule has 1 fully saturated rings. The van der Waals surface area contributed by atoms with E-state index in [4.69, 9.17) is 0 Å². The smallest absolute Gasteiger partial charge is 0.238 e. The highest BCUT2D eigenvalue weighted by Crippen LogP contribution is 2.07. The van der Waals surface area contributed by atoms with Crippen LogP contribution >= 0.6 is 0 Å². The lowest BCUT2D eigenvalue weighted by atomic mass is 10.2. The summed E-state index contributed by atoms with van der Waals surface area (Å²) in [6.45, 7) is 4.10. The maximum atomic E-state index is 11.6. The van der Waals surface area contributed by atoms with Crippen LogP contribution in [0.5, 0.6) is 0 Å². The van der Waals surface area contributed by atoms with Gasteiger partial charge in [0.2, 0.25) is 5.91 Å². The number of carbonyl (C=O) groups excluding carboxylic acids is 1. The summed E-state index contributed by atoms with van der Waals surface area (Å²) in [5.74, 6) is 0.152. The molecule has 0 aromatic carbocycles. The van der Waals surface area contributed by atoms with Crippen LogP contribution in [-0.4, -0.2) is 62.0 Å². The van der Waals surface area contributed by atoms with E-state index in [9.17, 15) is 4.79 Å². The van der Waals surface area contributed by atoms with Crippen LogP contribution in [0.3, 0.4) is 0 Å². The molecule has 0 saturated carbocycles. The molecule has 0 bridgehead atoms. The molecule has 1 saturated heterocycles. The first-order valence-corrected chi connectivity index (χ1v) is 5.16. The second kappa shape index (κ2) is 4.75. The number of hydrogen-bond donors (Lipinski definition) is 1. The van der Waals surface area contributed by atoms with E-state index in [0.29, 0.717) is 6.04 Å². The van der Waals surface area contributed by atoms with Crippen molar-refractivity contribution in [3.05, 3.63) is 0 Å². The van der Waals surface area contributed by atoms with Gasteiger partial charge in [0.15, 0.2) is 0 Å². The third-order valence-corrected chi connectivity index (χ3v) is 2.69. The van der Waals surface area contributed by atoms with E-state index in [1.54, 1.807) is 19.0 Å². The van der Waals surface area contributed by atoms with Crippen molar-refractivity contribution in [3.8, 4) is 0 Å². The van der Waals surface area contributed by atoms with Gasteiger partial charge in [-0.25, -0.2) is 0 Å². The first-order chi connectivity index (χ1) is 6.50. The first-order valence-electron chi connectivity index (χ1n) is 5.16. The molecule has 4 heteroatoms. The molecule has 0 aliphatic carbocycles. The number of nitrogens with zero attached hydrogens (tertiary/aromatic N) is 2. The third kappa shape index (κ3) is 2.96. The SMILES string of the molecule is CC(NC1CCN(C)C1)C(=O)N(C)C. The Morgan fingerprint density at radius 2 is 2.21 bits per heavy atom. The van der Waals surface area contributed by atoms with E-state index >= 15 is 0 Å². The number of nitrogens with one attached hydrogen (secondary N) is 1. The van der Waals surface area contributed by atoms with Gasteiger partial charge in [-0.05, 0) is 26.9 Å². The molecule has 2 unspecified atom stereocenters. The molecule has 1 rings (SSSR count). The van der Waals surface area contributed by atoms with Crippen molar-refractivity contribution in [2.75, 3.05) is 34.2 Å². The van der Waals surface area contributed by atoms with Gasteiger partial charge < -0.3 is 15.1 Å².